The average Bonchev–Trinajstić information content (AvgIpc) is 2.66. The van der Waals surface area contributed by atoms with Crippen LogP contribution in [0.15, 0.2) is 36.4 Å². The number of methoxy groups -OCH3 is 2. The minimum absolute atomic E-state index is 0.303. The van der Waals surface area contributed by atoms with Crippen LogP contribution in [0.2, 0.25) is 0 Å². The summed E-state index contributed by atoms with van der Waals surface area (Å²) in [6.07, 6.45) is 1.86. The van der Waals surface area contributed by atoms with Gasteiger partial charge in [-0.25, -0.2) is 8.42 Å². The standard InChI is InChI=1S/C19H22N2O5S/c1-25-17-9-14(10-18(11-17)26-2)19(22)20-16-5-4-13-6-7-21(27(3,23)24)12-15(13)8-16/h4-5,8-11H,6-7,12H2,1-3H3,(H,20,22). The Balaban J connectivity index is 1.82. The fraction of sp³-hybridized carbons (Fsp3) is 0.316. The van der Waals surface area contributed by atoms with E-state index in [9.17, 15) is 13.2 Å². The summed E-state index contributed by atoms with van der Waals surface area (Å²) in [6.45, 7) is 0.784. The van der Waals surface area contributed by atoms with Crippen LogP contribution in [0.1, 0.15) is 21.5 Å². The average molecular weight is 390 g/mol. The number of hydrogen-bond acceptors (Lipinski definition) is 5. The van der Waals surface area contributed by atoms with Crippen LogP contribution in [0.25, 0.3) is 0 Å². The fourth-order valence-corrected chi connectivity index (χ4v) is 3.83. The molecule has 0 unspecified atom stereocenters. The van der Waals surface area contributed by atoms with Crippen molar-refractivity contribution in [3.8, 4) is 11.5 Å². The maximum atomic E-state index is 12.6. The number of anilines is 1. The third-order valence-corrected chi connectivity index (χ3v) is 5.77. The van der Waals surface area contributed by atoms with Crippen molar-refractivity contribution in [2.75, 3.05) is 32.3 Å². The molecule has 0 radical (unpaired) electrons. The van der Waals surface area contributed by atoms with Crippen LogP contribution < -0.4 is 14.8 Å². The summed E-state index contributed by atoms with van der Waals surface area (Å²) in [5.41, 5.74) is 3.00. The van der Waals surface area contributed by atoms with E-state index in [0.29, 0.717) is 42.3 Å². The molecule has 1 heterocycles. The van der Waals surface area contributed by atoms with E-state index in [4.69, 9.17) is 9.47 Å². The first kappa shape index (κ1) is 19.2. The molecule has 0 spiro atoms. The number of carbonyl (C=O) groups excluding carboxylic acids is 1. The van der Waals surface area contributed by atoms with Gasteiger partial charge in [0.2, 0.25) is 10.0 Å². The molecule has 7 nitrogen and oxygen atoms in total. The molecule has 0 fully saturated rings. The number of nitrogens with one attached hydrogen (secondary N) is 1. The third kappa shape index (κ3) is 4.40. The van der Waals surface area contributed by atoms with Crippen molar-refractivity contribution in [1.82, 2.24) is 4.31 Å². The number of nitrogens with zero attached hydrogens (tertiary/aromatic N) is 1. The molecule has 27 heavy (non-hydrogen) atoms. The van der Waals surface area contributed by atoms with Gasteiger partial charge < -0.3 is 14.8 Å². The van der Waals surface area contributed by atoms with Gasteiger partial charge in [0.25, 0.3) is 5.91 Å². The number of sulfonamides is 1. The van der Waals surface area contributed by atoms with Crippen LogP contribution >= 0.6 is 0 Å². The van der Waals surface area contributed by atoms with E-state index < -0.39 is 10.0 Å². The van der Waals surface area contributed by atoms with Gasteiger partial charge in [0.15, 0.2) is 0 Å². The highest BCUT2D eigenvalue weighted by Gasteiger charge is 2.23. The largest absolute Gasteiger partial charge is 0.497 e. The van der Waals surface area contributed by atoms with Crippen LogP contribution in [-0.2, 0) is 23.0 Å². The Hall–Kier alpha value is -2.58. The Morgan fingerprint density at radius 3 is 2.30 bits per heavy atom. The molecular weight excluding hydrogens is 368 g/mol. The second kappa shape index (κ2) is 7.58. The molecule has 2 aromatic carbocycles. The molecular formula is C19H22N2O5S. The van der Waals surface area contributed by atoms with Gasteiger partial charge in [-0.05, 0) is 41.8 Å². The Morgan fingerprint density at radius 1 is 1.04 bits per heavy atom. The summed E-state index contributed by atoms with van der Waals surface area (Å²) in [7, 11) is -0.202. The van der Waals surface area contributed by atoms with Crippen molar-refractivity contribution in [1.29, 1.82) is 0 Å². The van der Waals surface area contributed by atoms with Crippen LogP contribution in [0.5, 0.6) is 11.5 Å². The summed E-state index contributed by atoms with van der Waals surface area (Å²) in [6, 6.07) is 10.5. The van der Waals surface area contributed by atoms with Gasteiger partial charge in [0.05, 0.1) is 20.5 Å². The van der Waals surface area contributed by atoms with Crippen LogP contribution in [-0.4, -0.2) is 45.7 Å². The lowest BCUT2D eigenvalue weighted by Gasteiger charge is -2.27. The predicted molar refractivity (Wildman–Crippen MR) is 103 cm³/mol. The van der Waals surface area contributed by atoms with Crippen molar-refractivity contribution in [3.63, 3.8) is 0 Å². The lowest BCUT2D eigenvalue weighted by Crippen LogP contribution is -2.35. The molecule has 0 atom stereocenters. The van der Waals surface area contributed by atoms with Crippen molar-refractivity contribution in [2.24, 2.45) is 0 Å². The molecule has 1 N–H and O–H groups in total. The highest BCUT2D eigenvalue weighted by molar-refractivity contribution is 7.88. The third-order valence-electron chi connectivity index (χ3n) is 4.52. The minimum atomic E-state index is -3.24. The number of rotatable bonds is 5. The number of benzene rings is 2. The summed E-state index contributed by atoms with van der Waals surface area (Å²) in [4.78, 5) is 12.6. The van der Waals surface area contributed by atoms with Crippen LogP contribution in [0.3, 0.4) is 0 Å². The topological polar surface area (TPSA) is 84.9 Å². The van der Waals surface area contributed by atoms with Crippen molar-refractivity contribution in [2.45, 2.75) is 13.0 Å². The van der Waals surface area contributed by atoms with Gasteiger partial charge >= 0.3 is 0 Å². The van der Waals surface area contributed by atoms with Gasteiger partial charge in [0.1, 0.15) is 11.5 Å². The van der Waals surface area contributed by atoms with E-state index in [1.54, 1.807) is 18.2 Å². The van der Waals surface area contributed by atoms with Gasteiger partial charge in [-0.2, -0.15) is 4.31 Å². The molecule has 1 aliphatic rings. The van der Waals surface area contributed by atoms with E-state index in [2.05, 4.69) is 5.32 Å². The lowest BCUT2D eigenvalue weighted by atomic mass is 10.0. The summed E-state index contributed by atoms with van der Waals surface area (Å²) in [5.74, 6) is 0.741. The first-order chi connectivity index (χ1) is 12.8. The molecule has 1 aliphatic heterocycles. The maximum Gasteiger partial charge on any atom is 0.255 e. The maximum absolute atomic E-state index is 12.6. The molecule has 0 saturated carbocycles. The van der Waals surface area contributed by atoms with E-state index >= 15 is 0 Å². The summed E-state index contributed by atoms with van der Waals surface area (Å²) >= 11 is 0. The monoisotopic (exact) mass is 390 g/mol. The van der Waals surface area contributed by atoms with E-state index in [-0.39, 0.29) is 5.91 Å². The number of amides is 1. The Kier molecular flexibility index (Phi) is 5.38. The van der Waals surface area contributed by atoms with Gasteiger partial charge in [-0.1, -0.05) is 6.07 Å². The molecule has 1 amide bonds. The lowest BCUT2D eigenvalue weighted by molar-refractivity contribution is 0.102. The number of ether oxygens (including phenoxy) is 2. The van der Waals surface area contributed by atoms with Gasteiger partial charge in [-0.3, -0.25) is 4.79 Å². The minimum Gasteiger partial charge on any atom is -0.497 e. The first-order valence-electron chi connectivity index (χ1n) is 8.41. The second-order valence-corrected chi connectivity index (χ2v) is 8.37. The van der Waals surface area contributed by atoms with E-state index in [1.165, 1.54) is 24.8 Å². The molecule has 0 bridgehead atoms. The molecule has 0 aliphatic carbocycles. The summed E-state index contributed by atoms with van der Waals surface area (Å²) < 4.78 is 35.4. The molecule has 8 heteroatoms. The van der Waals surface area contributed by atoms with Crippen LogP contribution in [0.4, 0.5) is 5.69 Å². The smallest absolute Gasteiger partial charge is 0.255 e. The zero-order valence-electron chi connectivity index (χ0n) is 15.5. The molecule has 144 valence electrons. The molecule has 0 saturated heterocycles. The Labute approximate surface area is 158 Å². The quantitative estimate of drug-likeness (QED) is 0.847. The molecule has 0 aromatic heterocycles. The molecule has 3 rings (SSSR count). The van der Waals surface area contributed by atoms with E-state index in [0.717, 1.165) is 11.1 Å². The van der Waals surface area contributed by atoms with Gasteiger partial charge in [-0.15, -0.1) is 0 Å². The Bertz CT molecular complexity index is 950. The van der Waals surface area contributed by atoms with Crippen molar-refractivity contribution < 1.29 is 22.7 Å². The normalized spacial score (nSPS) is 14.3. The van der Waals surface area contributed by atoms with E-state index in [1.807, 2.05) is 18.2 Å². The Morgan fingerprint density at radius 2 is 1.70 bits per heavy atom. The van der Waals surface area contributed by atoms with Crippen molar-refractivity contribution >= 4 is 21.6 Å². The highest BCUT2D eigenvalue weighted by atomic mass is 32.2. The highest BCUT2D eigenvalue weighted by Crippen LogP contribution is 2.26. The number of fused-ring (bicyclic) bond motifs is 1. The van der Waals surface area contributed by atoms with Crippen LogP contribution in [0, 0.1) is 0 Å². The fourth-order valence-electron chi connectivity index (χ4n) is 3.03. The zero-order valence-corrected chi connectivity index (χ0v) is 16.3. The SMILES string of the molecule is COc1cc(OC)cc(C(=O)Nc2ccc3c(c2)CN(S(C)(=O)=O)CC3)c1. The number of hydrogen-bond donors (Lipinski definition) is 1. The molecule has 2 aromatic rings. The number of carbonyl (C=O) groups is 1. The van der Waals surface area contributed by atoms with Crippen molar-refractivity contribution in [3.05, 3.63) is 53.1 Å². The predicted octanol–water partition coefficient (Wildman–Crippen LogP) is 2.27. The first-order valence-corrected chi connectivity index (χ1v) is 10.3. The van der Waals surface area contributed by atoms with Gasteiger partial charge in [0, 0.05) is 30.4 Å². The second-order valence-electron chi connectivity index (χ2n) is 6.39. The zero-order chi connectivity index (χ0) is 19.6. The summed E-state index contributed by atoms with van der Waals surface area (Å²) in [5, 5.41) is 2.85.